The minimum Gasteiger partial charge on any atom is -0.462 e. The first-order valence-corrected chi connectivity index (χ1v) is 7.37. The van der Waals surface area contributed by atoms with Crippen LogP contribution in [-0.4, -0.2) is 23.3 Å². The number of carbonyl (C=O) groups is 1. The molecule has 8 heteroatoms. The highest BCUT2D eigenvalue weighted by Gasteiger charge is 2.12. The molecule has 0 bridgehead atoms. The lowest BCUT2D eigenvalue weighted by Crippen LogP contribution is -2.01. The Kier molecular flexibility index (Phi) is 5.40. The number of carbonyl (C=O) groups excluding carboxylic acids is 1. The molecule has 0 fully saturated rings. The predicted octanol–water partition coefficient (Wildman–Crippen LogP) is 2.80. The molecule has 0 unspecified atom stereocenters. The second-order valence-corrected chi connectivity index (χ2v) is 5.15. The normalized spacial score (nSPS) is 9.35. The van der Waals surface area contributed by atoms with Gasteiger partial charge in [0.2, 0.25) is 5.71 Å². The molecule has 0 saturated carbocycles. The summed E-state index contributed by atoms with van der Waals surface area (Å²) in [6.07, 6.45) is 1.49. The molecule has 1 aromatic heterocycles. The van der Waals surface area contributed by atoms with Crippen molar-refractivity contribution in [2.24, 2.45) is 5.10 Å². The third-order valence-electron chi connectivity index (χ3n) is 2.62. The number of benzene rings is 1. The fourth-order valence-electron chi connectivity index (χ4n) is 1.59. The predicted molar refractivity (Wildman–Crippen MR) is 85.8 cm³/mol. The number of hydrazone groups is 1. The molecule has 23 heavy (non-hydrogen) atoms. The van der Waals surface area contributed by atoms with E-state index in [1.54, 1.807) is 43.3 Å². The van der Waals surface area contributed by atoms with E-state index in [9.17, 15) is 4.79 Å². The second-order valence-electron chi connectivity index (χ2n) is 4.12. The van der Waals surface area contributed by atoms with E-state index in [2.05, 4.69) is 15.5 Å². The first-order valence-electron chi connectivity index (χ1n) is 6.55. The molecule has 1 N–H and O–H groups in total. The zero-order chi connectivity index (χ0) is 16.7. The molecule has 2 rings (SSSR count). The van der Waals surface area contributed by atoms with Crippen molar-refractivity contribution in [3.8, 4) is 22.7 Å². The Morgan fingerprint density at radius 1 is 1.35 bits per heavy atom. The zero-order valence-electron chi connectivity index (χ0n) is 12.1. The third kappa shape index (κ3) is 4.13. The third-order valence-corrected chi connectivity index (χ3v) is 3.65. The summed E-state index contributed by atoms with van der Waals surface area (Å²) in [6, 6.07) is 10.4. The summed E-state index contributed by atoms with van der Waals surface area (Å²) in [5, 5.41) is 21.5. The van der Waals surface area contributed by atoms with Crippen LogP contribution in [0.15, 0.2) is 35.6 Å². The van der Waals surface area contributed by atoms with Gasteiger partial charge in [-0.2, -0.15) is 15.6 Å². The van der Waals surface area contributed by atoms with E-state index >= 15 is 0 Å². The molecule has 114 valence electrons. The molecular formula is C15H11N5O2S. The lowest BCUT2D eigenvalue weighted by molar-refractivity contribution is 0.0532. The van der Waals surface area contributed by atoms with Crippen molar-refractivity contribution in [2.45, 2.75) is 6.92 Å². The maximum Gasteiger partial charge on any atom is 0.349 e. The number of nitrogens with zero attached hydrogens (tertiary/aromatic N) is 4. The van der Waals surface area contributed by atoms with Crippen LogP contribution in [0, 0.1) is 22.7 Å². The van der Waals surface area contributed by atoms with Crippen molar-refractivity contribution in [3.63, 3.8) is 0 Å². The maximum absolute atomic E-state index is 11.6. The summed E-state index contributed by atoms with van der Waals surface area (Å²) in [7, 11) is 0. The molecule has 2 aromatic rings. The Balaban J connectivity index is 2.11. The Morgan fingerprint density at radius 3 is 2.65 bits per heavy atom. The van der Waals surface area contributed by atoms with Crippen molar-refractivity contribution in [1.29, 1.82) is 10.5 Å². The average molecular weight is 325 g/mol. The number of nitrogens with one attached hydrogen (secondary N) is 1. The van der Waals surface area contributed by atoms with Gasteiger partial charge in [-0.3, -0.25) is 5.43 Å². The summed E-state index contributed by atoms with van der Waals surface area (Å²) >= 11 is 1.25. The van der Waals surface area contributed by atoms with E-state index in [0.29, 0.717) is 22.2 Å². The average Bonchev–Trinajstić information content (AvgIpc) is 3.07. The van der Waals surface area contributed by atoms with Gasteiger partial charge in [-0.1, -0.05) is 0 Å². The van der Waals surface area contributed by atoms with Gasteiger partial charge >= 0.3 is 5.97 Å². The van der Waals surface area contributed by atoms with Gasteiger partial charge in [0.25, 0.3) is 0 Å². The number of ether oxygens (including phenoxy) is 1. The zero-order valence-corrected chi connectivity index (χ0v) is 12.9. The van der Waals surface area contributed by atoms with Crippen molar-refractivity contribution >= 4 is 28.7 Å². The van der Waals surface area contributed by atoms with Crippen LogP contribution in [-0.2, 0) is 4.74 Å². The number of aromatic nitrogens is 1. The lowest BCUT2D eigenvalue weighted by Gasteiger charge is -2.01. The molecule has 1 aromatic carbocycles. The largest absolute Gasteiger partial charge is 0.462 e. The van der Waals surface area contributed by atoms with E-state index in [0.717, 1.165) is 5.56 Å². The summed E-state index contributed by atoms with van der Waals surface area (Å²) < 4.78 is 4.93. The van der Waals surface area contributed by atoms with E-state index in [1.807, 2.05) is 0 Å². The van der Waals surface area contributed by atoms with Gasteiger partial charge in [-0.15, -0.1) is 11.3 Å². The summed E-state index contributed by atoms with van der Waals surface area (Å²) in [5.41, 5.74) is 3.82. The van der Waals surface area contributed by atoms with Crippen molar-refractivity contribution in [1.82, 2.24) is 4.98 Å². The molecule has 0 aliphatic rings. The van der Waals surface area contributed by atoms with Gasteiger partial charge < -0.3 is 4.74 Å². The molecule has 0 amide bonds. The molecule has 0 radical (unpaired) electrons. The maximum atomic E-state index is 11.6. The molecule has 0 spiro atoms. The topological polar surface area (TPSA) is 111 Å². The van der Waals surface area contributed by atoms with Gasteiger partial charge in [0.15, 0.2) is 0 Å². The Morgan fingerprint density at radius 2 is 2.04 bits per heavy atom. The van der Waals surface area contributed by atoms with Crippen molar-refractivity contribution in [3.05, 3.63) is 35.3 Å². The van der Waals surface area contributed by atoms with E-state index in [4.69, 9.17) is 15.3 Å². The molecule has 1 heterocycles. The summed E-state index contributed by atoms with van der Waals surface area (Å²) in [6.45, 7) is 2.07. The number of rotatable bonds is 5. The fourth-order valence-corrected chi connectivity index (χ4v) is 2.40. The lowest BCUT2D eigenvalue weighted by atomic mass is 10.2. The quantitative estimate of drug-likeness (QED) is 0.514. The van der Waals surface area contributed by atoms with Crippen LogP contribution in [0.25, 0.3) is 10.6 Å². The van der Waals surface area contributed by atoms with Crippen molar-refractivity contribution < 1.29 is 9.53 Å². The highest BCUT2D eigenvalue weighted by molar-refractivity contribution is 7.16. The van der Waals surface area contributed by atoms with Crippen molar-refractivity contribution in [2.75, 3.05) is 12.0 Å². The number of esters is 1. The van der Waals surface area contributed by atoms with Crippen LogP contribution in [0.3, 0.4) is 0 Å². The van der Waals surface area contributed by atoms with Crippen LogP contribution in [0.5, 0.6) is 0 Å². The van der Waals surface area contributed by atoms with Gasteiger partial charge in [0.05, 0.1) is 18.5 Å². The van der Waals surface area contributed by atoms with Crippen LogP contribution in [0.1, 0.15) is 16.6 Å². The highest BCUT2D eigenvalue weighted by Crippen LogP contribution is 2.26. The molecule has 7 nitrogen and oxygen atoms in total. The smallest absolute Gasteiger partial charge is 0.349 e. The minimum atomic E-state index is -0.385. The van der Waals surface area contributed by atoms with Crippen LogP contribution < -0.4 is 5.43 Å². The Hall–Kier alpha value is -3.23. The van der Waals surface area contributed by atoms with Crippen LogP contribution in [0.4, 0.5) is 5.69 Å². The molecular weight excluding hydrogens is 314 g/mol. The Bertz CT molecular complexity index is 796. The van der Waals surface area contributed by atoms with E-state index in [-0.39, 0.29) is 11.7 Å². The van der Waals surface area contributed by atoms with Crippen LogP contribution >= 0.6 is 11.3 Å². The van der Waals surface area contributed by atoms with Gasteiger partial charge in [-0.25, -0.2) is 9.78 Å². The second kappa shape index (κ2) is 7.69. The summed E-state index contributed by atoms with van der Waals surface area (Å²) in [4.78, 5) is 16.3. The number of nitriles is 2. The monoisotopic (exact) mass is 325 g/mol. The number of hydrogen-bond acceptors (Lipinski definition) is 8. The van der Waals surface area contributed by atoms with Crippen LogP contribution in [0.2, 0.25) is 0 Å². The SMILES string of the molecule is CCOC(=O)c1cnc(-c2ccc(NN=C(C#N)C#N)cc2)s1. The van der Waals surface area contributed by atoms with Gasteiger partial charge in [0.1, 0.15) is 22.0 Å². The highest BCUT2D eigenvalue weighted by atomic mass is 32.1. The van der Waals surface area contributed by atoms with Gasteiger partial charge in [0, 0.05) is 5.56 Å². The number of thiazole rings is 1. The minimum absolute atomic E-state index is 0.256. The first kappa shape index (κ1) is 16.1. The standard InChI is InChI=1S/C15H11N5O2S/c1-2-22-15(21)13-9-18-14(23-13)10-3-5-11(6-4-10)19-20-12(7-16)8-17/h3-6,9,19H,2H2,1H3. The number of anilines is 1. The Labute approximate surface area is 136 Å². The van der Waals surface area contributed by atoms with Gasteiger partial charge in [-0.05, 0) is 31.2 Å². The first-order chi connectivity index (χ1) is 11.2. The fraction of sp³-hybridized carbons (Fsp3) is 0.133. The summed E-state index contributed by atoms with van der Waals surface area (Å²) in [5.74, 6) is -0.385. The number of hydrogen-bond donors (Lipinski definition) is 1. The van der Waals surface area contributed by atoms with E-state index in [1.165, 1.54) is 17.5 Å². The molecule has 0 saturated heterocycles. The molecule has 0 aliphatic heterocycles. The molecule has 0 atom stereocenters. The van der Waals surface area contributed by atoms with E-state index < -0.39 is 0 Å². The molecule has 0 aliphatic carbocycles.